The van der Waals surface area contributed by atoms with Crippen LogP contribution >= 0.6 is 0 Å². The fourth-order valence-corrected chi connectivity index (χ4v) is 3.09. The van der Waals surface area contributed by atoms with Gasteiger partial charge < -0.3 is 5.32 Å². The van der Waals surface area contributed by atoms with Gasteiger partial charge in [0.2, 0.25) is 10.0 Å². The predicted octanol–water partition coefficient (Wildman–Crippen LogP) is 1.80. The fourth-order valence-electron chi connectivity index (χ4n) is 2.57. The van der Waals surface area contributed by atoms with Gasteiger partial charge in [0, 0.05) is 6.04 Å². The predicted molar refractivity (Wildman–Crippen MR) is 76.4 cm³/mol. The van der Waals surface area contributed by atoms with Crippen molar-refractivity contribution < 1.29 is 8.42 Å². The van der Waals surface area contributed by atoms with Crippen LogP contribution in [0.3, 0.4) is 0 Å². The van der Waals surface area contributed by atoms with E-state index >= 15 is 0 Å². The van der Waals surface area contributed by atoms with Crippen molar-refractivity contribution in [2.45, 2.75) is 49.5 Å². The maximum atomic E-state index is 11.1. The van der Waals surface area contributed by atoms with Crippen LogP contribution in [-0.4, -0.2) is 21.0 Å². The van der Waals surface area contributed by atoms with Crippen molar-refractivity contribution in [1.82, 2.24) is 5.32 Å². The first-order valence-electron chi connectivity index (χ1n) is 6.91. The molecule has 1 aromatic carbocycles. The van der Waals surface area contributed by atoms with E-state index in [2.05, 4.69) is 5.32 Å². The zero-order chi connectivity index (χ0) is 13.7. The standard InChI is InChI=1S/C14H22N2O2S/c15-19(17,18)14-8-6-12(7-9-14)10-11-16-13-4-2-1-3-5-13/h6-9,13,16H,1-5,10-11H2,(H2,15,17,18). The van der Waals surface area contributed by atoms with E-state index in [4.69, 9.17) is 5.14 Å². The highest BCUT2D eigenvalue weighted by atomic mass is 32.2. The Morgan fingerprint density at radius 2 is 1.74 bits per heavy atom. The van der Waals surface area contributed by atoms with Crippen LogP contribution in [0.2, 0.25) is 0 Å². The number of hydrogen-bond donors (Lipinski definition) is 2. The van der Waals surface area contributed by atoms with Crippen LogP contribution < -0.4 is 10.5 Å². The highest BCUT2D eigenvalue weighted by molar-refractivity contribution is 7.89. The summed E-state index contributed by atoms with van der Waals surface area (Å²) in [5, 5.41) is 8.64. The van der Waals surface area contributed by atoms with Crippen molar-refractivity contribution >= 4 is 10.0 Å². The third-order valence-electron chi connectivity index (χ3n) is 3.70. The number of hydrogen-bond acceptors (Lipinski definition) is 3. The van der Waals surface area contributed by atoms with Crippen LogP contribution in [0.25, 0.3) is 0 Å². The Bertz CT molecular complexity index is 491. The molecule has 4 nitrogen and oxygen atoms in total. The zero-order valence-electron chi connectivity index (χ0n) is 11.1. The van der Waals surface area contributed by atoms with E-state index in [0.717, 1.165) is 18.5 Å². The molecule has 1 aromatic rings. The molecule has 1 saturated carbocycles. The molecule has 0 saturated heterocycles. The highest BCUT2D eigenvalue weighted by Gasteiger charge is 2.12. The van der Waals surface area contributed by atoms with Gasteiger partial charge in [-0.05, 0) is 43.5 Å². The lowest BCUT2D eigenvalue weighted by molar-refractivity contribution is 0.375. The van der Waals surface area contributed by atoms with Crippen molar-refractivity contribution in [2.24, 2.45) is 5.14 Å². The first-order valence-corrected chi connectivity index (χ1v) is 8.45. The maximum Gasteiger partial charge on any atom is 0.238 e. The molecule has 19 heavy (non-hydrogen) atoms. The Morgan fingerprint density at radius 1 is 1.11 bits per heavy atom. The van der Waals surface area contributed by atoms with Gasteiger partial charge in [-0.1, -0.05) is 31.4 Å². The van der Waals surface area contributed by atoms with Gasteiger partial charge in [0.25, 0.3) is 0 Å². The summed E-state index contributed by atoms with van der Waals surface area (Å²) >= 11 is 0. The summed E-state index contributed by atoms with van der Waals surface area (Å²) in [4.78, 5) is 0.177. The molecule has 0 aliphatic heterocycles. The fraction of sp³-hybridized carbons (Fsp3) is 0.571. The van der Waals surface area contributed by atoms with E-state index in [1.807, 2.05) is 12.1 Å². The Hall–Kier alpha value is -0.910. The summed E-state index contributed by atoms with van der Waals surface area (Å²) in [6, 6.07) is 7.48. The normalized spacial score (nSPS) is 17.5. The van der Waals surface area contributed by atoms with Gasteiger partial charge in [0.1, 0.15) is 0 Å². The van der Waals surface area contributed by atoms with Crippen molar-refractivity contribution in [3.8, 4) is 0 Å². The third kappa shape index (κ3) is 4.60. The molecule has 0 spiro atoms. The molecule has 106 valence electrons. The average Bonchev–Trinajstić information content (AvgIpc) is 2.39. The zero-order valence-corrected chi connectivity index (χ0v) is 12.0. The first kappa shape index (κ1) is 14.5. The highest BCUT2D eigenvalue weighted by Crippen LogP contribution is 2.17. The SMILES string of the molecule is NS(=O)(=O)c1ccc(CCNC2CCCCC2)cc1. The molecule has 1 aliphatic rings. The summed E-state index contributed by atoms with van der Waals surface area (Å²) in [6.45, 7) is 0.944. The number of primary sulfonamides is 1. The lowest BCUT2D eigenvalue weighted by atomic mass is 9.95. The molecule has 1 fully saturated rings. The Labute approximate surface area is 115 Å². The molecule has 0 atom stereocenters. The number of nitrogens with two attached hydrogens (primary N) is 1. The molecular formula is C14H22N2O2S. The van der Waals surface area contributed by atoms with Crippen molar-refractivity contribution in [1.29, 1.82) is 0 Å². The number of benzene rings is 1. The van der Waals surface area contributed by atoms with Crippen molar-refractivity contribution in [3.05, 3.63) is 29.8 Å². The molecule has 1 aliphatic carbocycles. The monoisotopic (exact) mass is 282 g/mol. The minimum atomic E-state index is -3.57. The van der Waals surface area contributed by atoms with Gasteiger partial charge in [0.05, 0.1) is 4.90 Å². The van der Waals surface area contributed by atoms with Gasteiger partial charge in [-0.25, -0.2) is 13.6 Å². The molecular weight excluding hydrogens is 260 g/mol. The summed E-state index contributed by atoms with van der Waals surface area (Å²) in [5.74, 6) is 0. The van der Waals surface area contributed by atoms with Crippen LogP contribution in [0, 0.1) is 0 Å². The second kappa shape index (κ2) is 6.50. The number of sulfonamides is 1. The lowest BCUT2D eigenvalue weighted by Crippen LogP contribution is -2.32. The molecule has 0 unspecified atom stereocenters. The minimum Gasteiger partial charge on any atom is -0.314 e. The maximum absolute atomic E-state index is 11.1. The third-order valence-corrected chi connectivity index (χ3v) is 4.63. The molecule has 0 amide bonds. The first-order chi connectivity index (χ1) is 9.05. The van der Waals surface area contributed by atoms with Crippen LogP contribution in [0.5, 0.6) is 0 Å². The largest absolute Gasteiger partial charge is 0.314 e. The summed E-state index contributed by atoms with van der Waals surface area (Å²) in [7, 11) is -3.57. The quantitative estimate of drug-likeness (QED) is 0.865. The summed E-state index contributed by atoms with van der Waals surface area (Å²) < 4.78 is 22.3. The molecule has 0 aromatic heterocycles. The van der Waals surface area contributed by atoms with Crippen LogP contribution in [0.15, 0.2) is 29.2 Å². The van der Waals surface area contributed by atoms with Gasteiger partial charge in [-0.2, -0.15) is 0 Å². The summed E-state index contributed by atoms with van der Waals surface area (Å²) in [5.41, 5.74) is 1.13. The van der Waals surface area contributed by atoms with Gasteiger partial charge in [-0.3, -0.25) is 0 Å². The van der Waals surface area contributed by atoms with Gasteiger partial charge >= 0.3 is 0 Å². The lowest BCUT2D eigenvalue weighted by Gasteiger charge is -2.22. The van der Waals surface area contributed by atoms with E-state index in [1.54, 1.807) is 12.1 Å². The number of rotatable bonds is 5. The van der Waals surface area contributed by atoms with Crippen molar-refractivity contribution in [2.75, 3.05) is 6.54 Å². The molecule has 3 N–H and O–H groups in total. The van der Waals surface area contributed by atoms with Crippen molar-refractivity contribution in [3.63, 3.8) is 0 Å². The molecule has 0 bridgehead atoms. The van der Waals surface area contributed by atoms with Crippen LogP contribution in [0.1, 0.15) is 37.7 Å². The smallest absolute Gasteiger partial charge is 0.238 e. The van der Waals surface area contributed by atoms with E-state index < -0.39 is 10.0 Å². The van der Waals surface area contributed by atoms with Gasteiger partial charge in [-0.15, -0.1) is 0 Å². The second-order valence-electron chi connectivity index (χ2n) is 5.23. The average molecular weight is 282 g/mol. The summed E-state index contributed by atoms with van der Waals surface area (Å²) in [6.07, 6.45) is 7.52. The van der Waals surface area contributed by atoms with Crippen LogP contribution in [0.4, 0.5) is 0 Å². The van der Waals surface area contributed by atoms with E-state index in [0.29, 0.717) is 6.04 Å². The topological polar surface area (TPSA) is 72.2 Å². The molecule has 0 radical (unpaired) electrons. The Balaban J connectivity index is 1.80. The van der Waals surface area contributed by atoms with Crippen LogP contribution in [-0.2, 0) is 16.4 Å². The molecule has 2 rings (SSSR count). The second-order valence-corrected chi connectivity index (χ2v) is 6.79. The van der Waals surface area contributed by atoms with E-state index in [9.17, 15) is 8.42 Å². The van der Waals surface area contributed by atoms with E-state index in [-0.39, 0.29) is 4.90 Å². The molecule has 5 heteroatoms. The Morgan fingerprint density at radius 3 is 2.32 bits per heavy atom. The van der Waals surface area contributed by atoms with E-state index in [1.165, 1.54) is 32.1 Å². The number of nitrogens with one attached hydrogen (secondary N) is 1. The molecule has 0 heterocycles. The Kier molecular flexibility index (Phi) is 4.96. The minimum absolute atomic E-state index is 0.177. The van der Waals surface area contributed by atoms with Gasteiger partial charge in [0.15, 0.2) is 0 Å².